The maximum atomic E-state index is 12.8. The Balaban J connectivity index is 1.65. The number of methoxy groups -OCH3 is 2. The lowest BCUT2D eigenvalue weighted by molar-refractivity contribution is -0.259. The lowest BCUT2D eigenvalue weighted by Gasteiger charge is -2.47. The zero-order chi connectivity index (χ0) is 29.6. The van der Waals surface area contributed by atoms with E-state index in [1.807, 2.05) is 14.0 Å². The Kier molecular flexibility index (Phi) is 11.8. The smallest absolute Gasteiger partial charge is 0.340 e. The van der Waals surface area contributed by atoms with Gasteiger partial charge in [-0.2, -0.15) is 0 Å². The molecule has 0 spiro atoms. The molecule has 6 atom stereocenters. The molecule has 2 aliphatic rings. The molecule has 7 nitrogen and oxygen atoms in total. The Bertz CT molecular complexity index is 952. The second-order valence-electron chi connectivity index (χ2n) is 12.5. The molecular weight excluding hydrogens is 524 g/mol. The summed E-state index contributed by atoms with van der Waals surface area (Å²) in [6.45, 7) is 18.2. The molecule has 2 fully saturated rings. The number of ether oxygens (including phenoxy) is 5. The van der Waals surface area contributed by atoms with Gasteiger partial charge in [0.1, 0.15) is 5.75 Å². The van der Waals surface area contributed by atoms with Crippen molar-refractivity contribution in [3.8, 4) is 5.75 Å². The molecule has 0 aromatic heterocycles. The molecule has 3 rings (SSSR count). The van der Waals surface area contributed by atoms with Crippen molar-refractivity contribution in [2.75, 3.05) is 21.0 Å². The van der Waals surface area contributed by atoms with Crippen molar-refractivity contribution < 1.29 is 32.9 Å². The van der Waals surface area contributed by atoms with E-state index in [9.17, 15) is 4.79 Å². The van der Waals surface area contributed by atoms with Gasteiger partial charge < -0.3 is 28.1 Å². The maximum absolute atomic E-state index is 12.8. The number of allylic oxidation sites excluding steroid dienone is 1. The summed E-state index contributed by atoms with van der Waals surface area (Å²) in [5, 5.41) is 0. The third-order valence-corrected chi connectivity index (χ3v) is 15.1. The molecule has 8 heteroatoms. The number of rotatable bonds is 11. The summed E-state index contributed by atoms with van der Waals surface area (Å²) in [4.78, 5) is 12.8. The van der Waals surface area contributed by atoms with Gasteiger partial charge in [0.15, 0.2) is 6.79 Å². The summed E-state index contributed by atoms with van der Waals surface area (Å²) in [7, 11) is 1.41. The van der Waals surface area contributed by atoms with E-state index >= 15 is 0 Å². The fourth-order valence-electron chi connectivity index (χ4n) is 7.02. The average molecular weight is 577 g/mol. The minimum absolute atomic E-state index is 0.0668. The molecule has 1 aromatic rings. The summed E-state index contributed by atoms with van der Waals surface area (Å²) in [6.07, 6.45) is 4.61. The number of esters is 1. The average Bonchev–Trinajstić information content (AvgIpc) is 2.92. The minimum atomic E-state index is -1.99. The van der Waals surface area contributed by atoms with Crippen LogP contribution in [0.15, 0.2) is 35.9 Å². The van der Waals surface area contributed by atoms with E-state index in [4.69, 9.17) is 28.1 Å². The highest BCUT2D eigenvalue weighted by molar-refractivity contribution is 6.77. The Labute approximate surface area is 243 Å². The van der Waals surface area contributed by atoms with Crippen molar-refractivity contribution in [3.05, 3.63) is 41.5 Å². The molecule has 40 heavy (non-hydrogen) atoms. The summed E-state index contributed by atoms with van der Waals surface area (Å²) < 4.78 is 35.8. The first-order valence-electron chi connectivity index (χ1n) is 14.9. The second kappa shape index (κ2) is 14.5. The van der Waals surface area contributed by atoms with Crippen molar-refractivity contribution >= 4 is 14.3 Å². The molecule has 1 aliphatic carbocycles. The van der Waals surface area contributed by atoms with E-state index in [-0.39, 0.29) is 31.0 Å². The molecule has 0 unspecified atom stereocenters. The first-order valence-corrected chi connectivity index (χ1v) is 17.1. The molecule has 1 aromatic carbocycles. The van der Waals surface area contributed by atoms with Crippen LogP contribution in [0.5, 0.6) is 5.75 Å². The predicted octanol–water partition coefficient (Wildman–Crippen LogP) is 7.51. The third kappa shape index (κ3) is 7.37. The van der Waals surface area contributed by atoms with Gasteiger partial charge in [-0.1, -0.05) is 54.5 Å². The van der Waals surface area contributed by atoms with Crippen LogP contribution in [0.4, 0.5) is 0 Å². The topological polar surface area (TPSA) is 72.5 Å². The summed E-state index contributed by atoms with van der Waals surface area (Å²) in [6, 6.07) is 6.86. The van der Waals surface area contributed by atoms with Crippen LogP contribution in [-0.4, -0.2) is 59.9 Å². The van der Waals surface area contributed by atoms with E-state index in [1.165, 1.54) is 0 Å². The van der Waals surface area contributed by atoms with E-state index in [0.29, 0.717) is 33.9 Å². The normalized spacial score (nSPS) is 28.3. The van der Waals surface area contributed by atoms with Crippen LogP contribution in [0.25, 0.3) is 0 Å². The minimum Gasteiger partial charge on any atom is -0.497 e. The standard InChI is InChI=1S/C32H52O7Si/c1-20(2)40(21(3)4,22(5)6)39-28-16-11-25(18-29(28)35-10)17-23(7)30-24(8)32(37-19-36-30)38-31(33)26-12-14-27(34-9)15-13-26/h12-15,17,20-22,24-25,28-30,32H,11,16,18-19H2,1-10H3/b23-17+/t24-,25-,28+,29+,30-,32+/m0/s1. The first-order chi connectivity index (χ1) is 18.9. The molecule has 0 bridgehead atoms. The van der Waals surface area contributed by atoms with Gasteiger partial charge in [-0.15, -0.1) is 0 Å². The fraction of sp³-hybridized carbons (Fsp3) is 0.719. The van der Waals surface area contributed by atoms with Crippen LogP contribution >= 0.6 is 0 Å². The molecular formula is C32H52O7Si. The van der Waals surface area contributed by atoms with Crippen LogP contribution in [-0.2, 0) is 23.4 Å². The number of hydrogen-bond acceptors (Lipinski definition) is 7. The Hall–Kier alpha value is -1.71. The second-order valence-corrected chi connectivity index (χ2v) is 17.9. The van der Waals surface area contributed by atoms with Crippen LogP contribution in [0.1, 0.15) is 85.0 Å². The van der Waals surface area contributed by atoms with Gasteiger partial charge in [-0.3, -0.25) is 0 Å². The fourth-order valence-corrected chi connectivity index (χ4v) is 12.6. The SMILES string of the molecule is COc1ccc(C(=O)O[C@H]2OCO[C@@H](/C(C)=C/[C@@H]3CC[C@@H](O[Si](C(C)C)(C(C)C)C(C)C)[C@H](OC)C3)[C@@H]2C)cc1. The van der Waals surface area contributed by atoms with E-state index in [1.54, 1.807) is 31.4 Å². The number of hydrogen-bond donors (Lipinski definition) is 0. The summed E-state index contributed by atoms with van der Waals surface area (Å²) in [5.74, 6) is 0.481. The van der Waals surface area contributed by atoms with Gasteiger partial charge in [-0.05, 0) is 78.6 Å². The van der Waals surface area contributed by atoms with E-state index in [0.717, 1.165) is 24.8 Å². The quantitative estimate of drug-likeness (QED) is 0.153. The molecule has 0 N–H and O–H groups in total. The molecule has 1 saturated heterocycles. The van der Waals surface area contributed by atoms with Gasteiger partial charge >= 0.3 is 5.97 Å². The van der Waals surface area contributed by atoms with Crippen molar-refractivity contribution in [1.29, 1.82) is 0 Å². The van der Waals surface area contributed by atoms with Gasteiger partial charge in [-0.25, -0.2) is 4.79 Å². The zero-order valence-electron chi connectivity index (χ0n) is 26.3. The first kappa shape index (κ1) is 32.8. The van der Waals surface area contributed by atoms with Crippen molar-refractivity contribution in [2.24, 2.45) is 11.8 Å². The van der Waals surface area contributed by atoms with Gasteiger partial charge in [0.25, 0.3) is 0 Å². The van der Waals surface area contributed by atoms with E-state index < -0.39 is 20.6 Å². The van der Waals surface area contributed by atoms with Gasteiger partial charge in [0.2, 0.25) is 14.6 Å². The highest BCUT2D eigenvalue weighted by Crippen LogP contribution is 2.45. The number of carbonyl (C=O) groups excluding carboxylic acids is 1. The molecule has 1 aliphatic heterocycles. The van der Waals surface area contributed by atoms with Gasteiger partial charge in [0.05, 0.1) is 31.0 Å². The lowest BCUT2D eigenvalue weighted by atomic mass is 9.83. The number of carbonyl (C=O) groups is 1. The Morgan fingerprint density at radius 2 is 1.57 bits per heavy atom. The molecule has 0 radical (unpaired) electrons. The zero-order valence-corrected chi connectivity index (χ0v) is 27.3. The Morgan fingerprint density at radius 3 is 2.12 bits per heavy atom. The molecule has 226 valence electrons. The highest BCUT2D eigenvalue weighted by atomic mass is 28.4. The summed E-state index contributed by atoms with van der Waals surface area (Å²) in [5.41, 5.74) is 3.23. The molecule has 0 amide bonds. The van der Waals surface area contributed by atoms with Crippen LogP contribution < -0.4 is 4.74 Å². The highest BCUT2D eigenvalue weighted by Gasteiger charge is 2.48. The summed E-state index contributed by atoms with van der Waals surface area (Å²) >= 11 is 0. The van der Waals surface area contributed by atoms with Crippen molar-refractivity contribution in [2.45, 2.75) is 116 Å². The predicted molar refractivity (Wildman–Crippen MR) is 160 cm³/mol. The molecule has 1 heterocycles. The third-order valence-electron chi connectivity index (χ3n) is 9.02. The largest absolute Gasteiger partial charge is 0.497 e. The van der Waals surface area contributed by atoms with Crippen molar-refractivity contribution in [1.82, 2.24) is 0 Å². The lowest BCUT2D eigenvalue weighted by Crippen LogP contribution is -2.53. The van der Waals surface area contributed by atoms with Crippen LogP contribution in [0.3, 0.4) is 0 Å². The maximum Gasteiger partial charge on any atom is 0.340 e. The monoisotopic (exact) mass is 576 g/mol. The van der Waals surface area contributed by atoms with Crippen LogP contribution in [0, 0.1) is 11.8 Å². The Morgan fingerprint density at radius 1 is 0.950 bits per heavy atom. The van der Waals surface area contributed by atoms with E-state index in [2.05, 4.69) is 54.5 Å². The van der Waals surface area contributed by atoms with Crippen LogP contribution in [0.2, 0.25) is 16.6 Å². The van der Waals surface area contributed by atoms with Gasteiger partial charge in [0, 0.05) is 13.0 Å². The number of benzene rings is 1. The molecule has 1 saturated carbocycles. The van der Waals surface area contributed by atoms with Crippen molar-refractivity contribution in [3.63, 3.8) is 0 Å².